The van der Waals surface area contributed by atoms with Gasteiger partial charge in [0.2, 0.25) is 5.91 Å². The normalized spacial score (nSPS) is 14.4. The highest BCUT2D eigenvalue weighted by atomic mass is 16.3. The fourth-order valence-electron chi connectivity index (χ4n) is 2.90. The number of nitrogens with one attached hydrogen (secondary N) is 1. The molecule has 2 N–H and O–H groups in total. The molecule has 0 spiro atoms. The van der Waals surface area contributed by atoms with Crippen molar-refractivity contribution < 1.29 is 14.7 Å². The van der Waals surface area contributed by atoms with Crippen LogP contribution in [0, 0.1) is 5.92 Å². The molecular weight excluding hydrogens is 340 g/mol. The Morgan fingerprint density at radius 2 is 1.89 bits per heavy atom. The number of hydrogen-bond acceptors (Lipinski definition) is 3. The number of benzene rings is 2. The van der Waals surface area contributed by atoms with E-state index in [4.69, 9.17) is 0 Å². The lowest BCUT2D eigenvalue weighted by atomic mass is 10.1. The summed E-state index contributed by atoms with van der Waals surface area (Å²) in [5.41, 5.74) is 2.20. The van der Waals surface area contributed by atoms with E-state index in [-0.39, 0.29) is 29.5 Å². The molecule has 1 aliphatic rings. The van der Waals surface area contributed by atoms with Crippen molar-refractivity contribution in [3.63, 3.8) is 0 Å². The van der Waals surface area contributed by atoms with E-state index in [2.05, 4.69) is 5.32 Å². The fraction of sp³-hybridized carbons (Fsp3) is 0.364. The minimum atomic E-state index is -0.0678. The summed E-state index contributed by atoms with van der Waals surface area (Å²) in [5.74, 6) is 0.0741. The van der Waals surface area contributed by atoms with Crippen molar-refractivity contribution in [1.29, 1.82) is 0 Å². The third-order valence-corrected chi connectivity index (χ3v) is 4.97. The molecule has 5 heteroatoms. The van der Waals surface area contributed by atoms with Crippen molar-refractivity contribution in [3.05, 3.63) is 59.7 Å². The summed E-state index contributed by atoms with van der Waals surface area (Å²) in [5, 5.41) is 12.3. The molecule has 0 aromatic heterocycles. The molecule has 1 saturated carbocycles. The molecule has 1 aliphatic carbocycles. The van der Waals surface area contributed by atoms with Crippen LogP contribution in [-0.2, 0) is 11.3 Å². The number of carbonyl (C=O) groups excluding carboxylic acids is 2. The van der Waals surface area contributed by atoms with Crippen molar-refractivity contribution in [1.82, 2.24) is 4.90 Å². The van der Waals surface area contributed by atoms with Crippen LogP contribution in [-0.4, -0.2) is 27.9 Å². The molecule has 0 saturated heterocycles. The quantitative estimate of drug-likeness (QED) is 0.772. The predicted octanol–water partition coefficient (Wildman–Crippen LogP) is 4.18. The van der Waals surface area contributed by atoms with E-state index in [0.717, 1.165) is 24.8 Å². The number of phenols is 1. The van der Waals surface area contributed by atoms with Gasteiger partial charge in [0.15, 0.2) is 0 Å². The summed E-state index contributed by atoms with van der Waals surface area (Å²) >= 11 is 0. The molecule has 0 radical (unpaired) electrons. The van der Waals surface area contributed by atoms with Gasteiger partial charge in [-0.05, 0) is 55.2 Å². The van der Waals surface area contributed by atoms with Gasteiger partial charge in [-0.25, -0.2) is 0 Å². The first-order valence-electron chi connectivity index (χ1n) is 9.47. The highest BCUT2D eigenvalue weighted by Crippen LogP contribution is 2.30. The number of anilines is 1. The smallest absolute Gasteiger partial charge is 0.254 e. The molecule has 2 amide bonds. The maximum Gasteiger partial charge on any atom is 0.254 e. The maximum atomic E-state index is 13.1. The lowest BCUT2D eigenvalue weighted by Crippen LogP contribution is -2.32. The van der Waals surface area contributed by atoms with Crippen LogP contribution in [0.4, 0.5) is 5.69 Å². The molecule has 5 nitrogen and oxygen atoms in total. The van der Waals surface area contributed by atoms with Crippen LogP contribution in [0.15, 0.2) is 48.5 Å². The van der Waals surface area contributed by atoms with E-state index >= 15 is 0 Å². The summed E-state index contributed by atoms with van der Waals surface area (Å²) < 4.78 is 0. The predicted molar refractivity (Wildman–Crippen MR) is 106 cm³/mol. The SMILES string of the molecule is CCC(C)C(=O)Nc1cccc(C(=O)N(Cc2ccc(O)cc2)C2CC2)c1. The van der Waals surface area contributed by atoms with E-state index in [1.54, 1.807) is 36.4 Å². The monoisotopic (exact) mass is 366 g/mol. The highest BCUT2D eigenvalue weighted by molar-refractivity contribution is 5.97. The first-order chi connectivity index (χ1) is 13.0. The van der Waals surface area contributed by atoms with Gasteiger partial charge >= 0.3 is 0 Å². The van der Waals surface area contributed by atoms with E-state index in [1.807, 2.05) is 30.9 Å². The average molecular weight is 366 g/mol. The van der Waals surface area contributed by atoms with Gasteiger partial charge in [0.25, 0.3) is 5.91 Å². The zero-order chi connectivity index (χ0) is 19.4. The molecule has 1 fully saturated rings. The fourth-order valence-corrected chi connectivity index (χ4v) is 2.90. The Morgan fingerprint density at radius 1 is 1.19 bits per heavy atom. The Morgan fingerprint density at radius 3 is 2.52 bits per heavy atom. The molecule has 0 heterocycles. The van der Waals surface area contributed by atoms with Crippen molar-refractivity contribution >= 4 is 17.5 Å². The molecule has 0 aliphatic heterocycles. The van der Waals surface area contributed by atoms with E-state index in [1.165, 1.54) is 0 Å². The summed E-state index contributed by atoms with van der Waals surface area (Å²) in [7, 11) is 0. The van der Waals surface area contributed by atoms with Gasteiger partial charge in [-0.3, -0.25) is 9.59 Å². The van der Waals surface area contributed by atoms with Crippen LogP contribution in [0.2, 0.25) is 0 Å². The second-order valence-corrected chi connectivity index (χ2v) is 7.21. The molecule has 27 heavy (non-hydrogen) atoms. The van der Waals surface area contributed by atoms with Crippen LogP contribution in [0.1, 0.15) is 49.0 Å². The molecule has 1 unspecified atom stereocenters. The lowest BCUT2D eigenvalue weighted by molar-refractivity contribution is -0.119. The third-order valence-electron chi connectivity index (χ3n) is 4.97. The second kappa shape index (κ2) is 8.25. The zero-order valence-electron chi connectivity index (χ0n) is 15.8. The first kappa shape index (κ1) is 19.0. The van der Waals surface area contributed by atoms with Gasteiger partial charge in [0, 0.05) is 29.8 Å². The molecule has 2 aromatic carbocycles. The second-order valence-electron chi connectivity index (χ2n) is 7.21. The largest absolute Gasteiger partial charge is 0.508 e. The number of phenolic OH excluding ortho intramolecular Hbond substituents is 1. The average Bonchev–Trinajstić information content (AvgIpc) is 3.51. The van der Waals surface area contributed by atoms with E-state index in [0.29, 0.717) is 17.8 Å². The van der Waals surface area contributed by atoms with E-state index < -0.39 is 0 Å². The van der Waals surface area contributed by atoms with Gasteiger partial charge in [-0.1, -0.05) is 32.0 Å². The Kier molecular flexibility index (Phi) is 5.79. The van der Waals surface area contributed by atoms with Gasteiger partial charge in [0.05, 0.1) is 0 Å². The number of hydrogen-bond donors (Lipinski definition) is 2. The third kappa shape index (κ3) is 4.88. The molecule has 142 valence electrons. The number of nitrogens with zero attached hydrogens (tertiary/aromatic N) is 1. The number of rotatable bonds is 7. The molecule has 2 aromatic rings. The van der Waals surface area contributed by atoms with E-state index in [9.17, 15) is 14.7 Å². The Balaban J connectivity index is 1.75. The topological polar surface area (TPSA) is 69.6 Å². The number of aromatic hydroxyl groups is 1. The standard InChI is InChI=1S/C22H26N2O3/c1-3-15(2)21(26)23-18-6-4-5-17(13-18)22(27)24(19-9-10-19)14-16-7-11-20(25)12-8-16/h4-8,11-13,15,19,25H,3,9-10,14H2,1-2H3,(H,23,26). The summed E-state index contributed by atoms with van der Waals surface area (Å²) in [6.45, 7) is 4.37. The Labute approximate surface area is 160 Å². The maximum absolute atomic E-state index is 13.1. The van der Waals surface area contributed by atoms with Gasteiger partial charge in [0.1, 0.15) is 5.75 Å². The van der Waals surface area contributed by atoms with Gasteiger partial charge in [-0.2, -0.15) is 0 Å². The number of amides is 2. The van der Waals surface area contributed by atoms with Crippen molar-refractivity contribution in [2.45, 2.75) is 45.7 Å². The van der Waals surface area contributed by atoms with Crippen LogP contribution < -0.4 is 5.32 Å². The molecular formula is C22H26N2O3. The molecule has 0 bridgehead atoms. The highest BCUT2D eigenvalue weighted by Gasteiger charge is 2.33. The lowest BCUT2D eigenvalue weighted by Gasteiger charge is -2.23. The minimum Gasteiger partial charge on any atom is -0.508 e. The van der Waals surface area contributed by atoms with Crippen LogP contribution >= 0.6 is 0 Å². The number of carbonyl (C=O) groups is 2. The Hall–Kier alpha value is -2.82. The summed E-state index contributed by atoms with van der Waals surface area (Å²) in [6, 6.07) is 14.3. The van der Waals surface area contributed by atoms with Crippen LogP contribution in [0.5, 0.6) is 5.75 Å². The van der Waals surface area contributed by atoms with Crippen LogP contribution in [0.25, 0.3) is 0 Å². The minimum absolute atomic E-state index is 0.0368. The van der Waals surface area contributed by atoms with Gasteiger partial charge in [-0.15, -0.1) is 0 Å². The molecule has 1 atom stereocenters. The summed E-state index contributed by atoms with van der Waals surface area (Å²) in [6.07, 6.45) is 2.79. The summed E-state index contributed by atoms with van der Waals surface area (Å²) in [4.78, 5) is 27.1. The van der Waals surface area contributed by atoms with Crippen molar-refractivity contribution in [2.24, 2.45) is 5.92 Å². The van der Waals surface area contributed by atoms with Crippen molar-refractivity contribution in [3.8, 4) is 5.75 Å². The van der Waals surface area contributed by atoms with Crippen LogP contribution in [0.3, 0.4) is 0 Å². The molecule has 3 rings (SSSR count). The zero-order valence-corrected chi connectivity index (χ0v) is 15.8. The first-order valence-corrected chi connectivity index (χ1v) is 9.47. The van der Waals surface area contributed by atoms with Gasteiger partial charge < -0.3 is 15.3 Å². The van der Waals surface area contributed by atoms with Crippen molar-refractivity contribution in [2.75, 3.05) is 5.32 Å². The Bertz CT molecular complexity index is 813.